The summed E-state index contributed by atoms with van der Waals surface area (Å²) in [6.07, 6.45) is 4.82. The van der Waals surface area contributed by atoms with Gasteiger partial charge in [0.15, 0.2) is 11.5 Å². The summed E-state index contributed by atoms with van der Waals surface area (Å²) in [5, 5.41) is 22.0. The molecule has 0 saturated heterocycles. The summed E-state index contributed by atoms with van der Waals surface area (Å²) < 4.78 is 5.49. The fourth-order valence-corrected chi connectivity index (χ4v) is 2.85. The van der Waals surface area contributed by atoms with Crippen LogP contribution in [-0.2, 0) is 11.3 Å². The molecule has 3 N–H and O–H groups in total. The predicted octanol–water partition coefficient (Wildman–Crippen LogP) is 2.52. The maximum Gasteiger partial charge on any atom is 0.223 e. The van der Waals surface area contributed by atoms with Gasteiger partial charge in [-0.05, 0) is 18.9 Å². The normalized spacial score (nSPS) is 12.8. The summed E-state index contributed by atoms with van der Waals surface area (Å²) in [5.74, 6) is 2.03. The second-order valence-corrected chi connectivity index (χ2v) is 6.71. The molecule has 2 heterocycles. The van der Waals surface area contributed by atoms with Gasteiger partial charge in [-0.2, -0.15) is 10.4 Å². The van der Waals surface area contributed by atoms with Crippen LogP contribution in [0.2, 0.25) is 0 Å². The number of aromatic amines is 1. The second-order valence-electron chi connectivity index (χ2n) is 6.71. The molecule has 0 spiro atoms. The first kappa shape index (κ1) is 18.4. The van der Waals surface area contributed by atoms with E-state index in [0.717, 1.165) is 29.7 Å². The average Bonchev–Trinajstić information content (AvgIpc) is 3.51. The average molecular weight is 389 g/mol. The third-order valence-electron chi connectivity index (χ3n) is 4.60. The van der Waals surface area contributed by atoms with E-state index < -0.39 is 0 Å². The number of hydrogen-bond donors (Lipinski definition) is 3. The topological polar surface area (TPSA) is 129 Å². The lowest BCUT2D eigenvalue weighted by Crippen LogP contribution is -2.24. The van der Waals surface area contributed by atoms with Gasteiger partial charge < -0.3 is 15.4 Å². The van der Waals surface area contributed by atoms with Crippen molar-refractivity contribution in [3.8, 4) is 23.1 Å². The van der Waals surface area contributed by atoms with Gasteiger partial charge in [-0.3, -0.25) is 9.89 Å². The highest BCUT2D eigenvalue weighted by molar-refractivity contribution is 5.80. The largest absolute Gasteiger partial charge is 0.496 e. The van der Waals surface area contributed by atoms with Gasteiger partial charge in [0.25, 0.3) is 0 Å². The van der Waals surface area contributed by atoms with Crippen molar-refractivity contribution >= 4 is 17.5 Å². The van der Waals surface area contributed by atoms with E-state index in [-0.39, 0.29) is 17.5 Å². The fourth-order valence-electron chi connectivity index (χ4n) is 2.85. The molecule has 0 bridgehead atoms. The first-order valence-corrected chi connectivity index (χ1v) is 9.16. The van der Waals surface area contributed by atoms with Gasteiger partial charge in [-0.15, -0.1) is 0 Å². The lowest BCUT2D eigenvalue weighted by Gasteiger charge is -2.11. The van der Waals surface area contributed by atoms with Crippen LogP contribution < -0.4 is 15.4 Å². The van der Waals surface area contributed by atoms with Crippen molar-refractivity contribution in [2.45, 2.75) is 19.4 Å². The molecule has 0 aliphatic heterocycles. The van der Waals surface area contributed by atoms with Crippen molar-refractivity contribution in [2.24, 2.45) is 5.92 Å². The number of anilines is 2. The summed E-state index contributed by atoms with van der Waals surface area (Å²) in [7, 11) is 1.61. The lowest BCUT2D eigenvalue weighted by atomic mass is 10.1. The number of nitriles is 1. The molecule has 4 rings (SSSR count). The molecular formula is C20H19N7O2. The van der Waals surface area contributed by atoms with E-state index in [4.69, 9.17) is 10.00 Å². The maximum absolute atomic E-state index is 11.9. The molecule has 9 nitrogen and oxygen atoms in total. The molecule has 2 aromatic heterocycles. The highest BCUT2D eigenvalue weighted by Crippen LogP contribution is 2.30. The third kappa shape index (κ3) is 4.32. The van der Waals surface area contributed by atoms with Gasteiger partial charge >= 0.3 is 0 Å². The summed E-state index contributed by atoms with van der Waals surface area (Å²) in [4.78, 5) is 19.9. The number of aromatic nitrogens is 4. The van der Waals surface area contributed by atoms with E-state index in [1.807, 2.05) is 30.3 Å². The van der Waals surface area contributed by atoms with Crippen LogP contribution in [0.4, 0.5) is 11.6 Å². The molecule has 9 heteroatoms. The minimum atomic E-state index is 0.103. The Morgan fingerprint density at radius 3 is 2.83 bits per heavy atom. The highest BCUT2D eigenvalue weighted by Gasteiger charge is 2.29. The Balaban J connectivity index is 1.46. The molecule has 0 atom stereocenters. The number of hydrogen-bond acceptors (Lipinski definition) is 7. The van der Waals surface area contributed by atoms with Gasteiger partial charge in [-0.25, -0.2) is 9.97 Å². The van der Waals surface area contributed by atoms with E-state index >= 15 is 0 Å². The van der Waals surface area contributed by atoms with Crippen LogP contribution >= 0.6 is 0 Å². The zero-order valence-electron chi connectivity index (χ0n) is 15.8. The Morgan fingerprint density at radius 2 is 2.14 bits per heavy atom. The molecule has 1 fully saturated rings. The summed E-state index contributed by atoms with van der Waals surface area (Å²) in [6, 6.07) is 9.54. The molecule has 0 radical (unpaired) electrons. The molecule has 1 aliphatic rings. The highest BCUT2D eigenvalue weighted by atomic mass is 16.5. The van der Waals surface area contributed by atoms with Crippen LogP contribution in [0.5, 0.6) is 5.75 Å². The number of carbonyl (C=O) groups is 1. The van der Waals surface area contributed by atoms with E-state index in [2.05, 4.69) is 30.8 Å². The SMILES string of the molecule is COc1cc(-c2cc(Nc3cnc(C#N)cn3)n[nH]2)ccc1CNC(=O)C1CC1. The van der Waals surface area contributed by atoms with E-state index in [9.17, 15) is 4.79 Å². The molecule has 3 aromatic rings. The molecule has 29 heavy (non-hydrogen) atoms. The molecule has 0 unspecified atom stereocenters. The van der Waals surface area contributed by atoms with Gasteiger partial charge in [-0.1, -0.05) is 12.1 Å². The zero-order valence-corrected chi connectivity index (χ0v) is 15.8. The standard InChI is InChI=1S/C20H19N7O2/c1-29-17-6-13(4-5-14(17)9-24-20(28)12-2-3-12)16-7-18(27-26-16)25-19-11-22-15(8-21)10-23-19/h4-7,10-12H,2-3,9H2,1H3,(H,24,28)(H2,23,25,26,27). The predicted molar refractivity (Wildman–Crippen MR) is 105 cm³/mol. The Hall–Kier alpha value is -3.93. The number of amides is 1. The van der Waals surface area contributed by atoms with Gasteiger partial charge in [0.05, 0.1) is 25.2 Å². The molecule has 1 aromatic carbocycles. The van der Waals surface area contributed by atoms with Crippen LogP contribution in [0.3, 0.4) is 0 Å². The number of H-pyrrole nitrogens is 1. The van der Waals surface area contributed by atoms with Crippen molar-refractivity contribution < 1.29 is 9.53 Å². The van der Waals surface area contributed by atoms with Crippen molar-refractivity contribution in [1.82, 2.24) is 25.5 Å². The van der Waals surface area contributed by atoms with E-state index in [0.29, 0.717) is 23.9 Å². The molecule has 1 amide bonds. The van der Waals surface area contributed by atoms with Crippen LogP contribution in [-0.4, -0.2) is 33.2 Å². The smallest absolute Gasteiger partial charge is 0.223 e. The minimum absolute atomic E-state index is 0.103. The molecule has 1 saturated carbocycles. The molecule has 1 aliphatic carbocycles. The summed E-state index contributed by atoms with van der Waals surface area (Å²) in [6.45, 7) is 0.436. The molecule has 146 valence electrons. The fraction of sp³-hybridized carbons (Fsp3) is 0.250. The minimum Gasteiger partial charge on any atom is -0.496 e. The Kier molecular flexibility index (Phi) is 5.07. The van der Waals surface area contributed by atoms with Crippen LogP contribution in [0.1, 0.15) is 24.1 Å². The number of nitrogens with zero attached hydrogens (tertiary/aromatic N) is 4. The Morgan fingerprint density at radius 1 is 1.28 bits per heavy atom. The summed E-state index contributed by atoms with van der Waals surface area (Å²) in [5.41, 5.74) is 2.85. The number of nitrogens with one attached hydrogen (secondary N) is 3. The number of carbonyl (C=O) groups excluding carboxylic acids is 1. The number of methoxy groups -OCH3 is 1. The van der Waals surface area contributed by atoms with Crippen molar-refractivity contribution in [3.05, 3.63) is 47.9 Å². The Bertz CT molecular complexity index is 1070. The summed E-state index contributed by atoms with van der Waals surface area (Å²) >= 11 is 0. The first-order chi connectivity index (χ1) is 14.2. The quantitative estimate of drug-likeness (QED) is 0.566. The zero-order chi connectivity index (χ0) is 20.2. The maximum atomic E-state index is 11.9. The van der Waals surface area contributed by atoms with Crippen molar-refractivity contribution in [2.75, 3.05) is 12.4 Å². The van der Waals surface area contributed by atoms with Crippen molar-refractivity contribution in [1.29, 1.82) is 5.26 Å². The van der Waals surface area contributed by atoms with Crippen LogP contribution in [0.15, 0.2) is 36.7 Å². The van der Waals surface area contributed by atoms with Crippen LogP contribution in [0, 0.1) is 17.2 Å². The Labute approximate surface area is 167 Å². The van der Waals surface area contributed by atoms with Crippen LogP contribution in [0.25, 0.3) is 11.3 Å². The number of rotatable bonds is 7. The van der Waals surface area contributed by atoms with Gasteiger partial charge in [0.1, 0.15) is 17.6 Å². The lowest BCUT2D eigenvalue weighted by molar-refractivity contribution is -0.122. The van der Waals surface area contributed by atoms with Gasteiger partial charge in [0.2, 0.25) is 5.91 Å². The van der Waals surface area contributed by atoms with E-state index in [1.165, 1.54) is 12.4 Å². The number of ether oxygens (including phenoxy) is 1. The third-order valence-corrected chi connectivity index (χ3v) is 4.60. The number of benzene rings is 1. The van der Waals surface area contributed by atoms with E-state index in [1.54, 1.807) is 7.11 Å². The second kappa shape index (κ2) is 7.98. The van der Waals surface area contributed by atoms with Gasteiger partial charge in [0, 0.05) is 29.7 Å². The monoisotopic (exact) mass is 389 g/mol. The first-order valence-electron chi connectivity index (χ1n) is 9.16. The molecular weight excluding hydrogens is 370 g/mol. The van der Waals surface area contributed by atoms with Crippen molar-refractivity contribution in [3.63, 3.8) is 0 Å².